The van der Waals surface area contributed by atoms with Crippen LogP contribution in [0.15, 0.2) is 87.1 Å². The van der Waals surface area contributed by atoms with Crippen molar-refractivity contribution in [3.05, 3.63) is 84.2 Å². The number of aromatic nitrogens is 1. The predicted molar refractivity (Wildman–Crippen MR) is 119 cm³/mol. The smallest absolute Gasteiger partial charge is 0.238 e. The molecule has 1 aromatic heterocycles. The van der Waals surface area contributed by atoms with Crippen LogP contribution in [0.1, 0.15) is 12.5 Å². The van der Waals surface area contributed by atoms with Gasteiger partial charge in [0.2, 0.25) is 26.6 Å². The Bertz CT molecular complexity index is 1310. The largest absolute Gasteiger partial charge is 0.494 e. The van der Waals surface area contributed by atoms with Gasteiger partial charge in [0.05, 0.1) is 11.5 Å². The highest BCUT2D eigenvalue weighted by Crippen LogP contribution is 2.34. The number of aryl methyl sites for hydroxylation is 1. The van der Waals surface area contributed by atoms with Gasteiger partial charge in [0.1, 0.15) is 11.6 Å². The van der Waals surface area contributed by atoms with Gasteiger partial charge < -0.3 is 14.5 Å². The van der Waals surface area contributed by atoms with Crippen LogP contribution < -0.4 is 10.1 Å². The number of benzene rings is 3. The summed E-state index contributed by atoms with van der Waals surface area (Å²) < 4.78 is 51.2. The molecule has 0 aliphatic rings. The van der Waals surface area contributed by atoms with E-state index in [1.165, 1.54) is 12.1 Å². The van der Waals surface area contributed by atoms with E-state index in [0.717, 1.165) is 17.7 Å². The van der Waals surface area contributed by atoms with E-state index < -0.39 is 15.7 Å². The molecule has 0 fully saturated rings. The molecule has 1 N–H and O–H groups in total. The van der Waals surface area contributed by atoms with E-state index >= 15 is 0 Å². The molecule has 0 aliphatic heterocycles. The third-order valence-electron chi connectivity index (χ3n) is 4.70. The number of ether oxygens (including phenoxy) is 1. The van der Waals surface area contributed by atoms with Crippen molar-refractivity contribution in [2.45, 2.75) is 23.8 Å². The van der Waals surface area contributed by atoms with Gasteiger partial charge in [-0.15, -0.1) is 0 Å². The quantitative estimate of drug-likeness (QED) is 0.359. The van der Waals surface area contributed by atoms with Crippen molar-refractivity contribution in [2.24, 2.45) is 0 Å². The lowest BCUT2D eigenvalue weighted by Crippen LogP contribution is -2.05. The lowest BCUT2D eigenvalue weighted by molar-refractivity contribution is 0.340. The van der Waals surface area contributed by atoms with Crippen molar-refractivity contribution >= 4 is 21.4 Å². The zero-order valence-electron chi connectivity index (χ0n) is 17.5. The van der Waals surface area contributed by atoms with Gasteiger partial charge in [-0.25, -0.2) is 12.8 Å². The van der Waals surface area contributed by atoms with Gasteiger partial charge in [0.25, 0.3) is 0 Å². The van der Waals surface area contributed by atoms with Crippen LogP contribution in [0.3, 0.4) is 0 Å². The Balaban J connectivity index is 1.78. The fourth-order valence-electron chi connectivity index (χ4n) is 3.04. The number of hydrogen-bond acceptors (Lipinski definition) is 6. The molecule has 0 radical (unpaired) electrons. The van der Waals surface area contributed by atoms with E-state index in [2.05, 4.69) is 10.3 Å². The number of nitrogens with zero attached hydrogens (tertiary/aromatic N) is 1. The molecule has 0 spiro atoms. The molecule has 0 aliphatic carbocycles. The molecule has 4 aromatic rings. The van der Waals surface area contributed by atoms with Crippen molar-refractivity contribution in [3.63, 3.8) is 0 Å². The molecule has 8 heteroatoms. The van der Waals surface area contributed by atoms with Crippen molar-refractivity contribution in [2.75, 3.05) is 11.9 Å². The molecule has 1 heterocycles. The molecule has 6 nitrogen and oxygen atoms in total. The van der Waals surface area contributed by atoms with Crippen molar-refractivity contribution < 1.29 is 22.0 Å². The fraction of sp³-hybridized carbons (Fsp3) is 0.125. The monoisotopic (exact) mass is 452 g/mol. The summed E-state index contributed by atoms with van der Waals surface area (Å²) in [6, 6.07) is 19.0. The van der Waals surface area contributed by atoms with Gasteiger partial charge in [-0.2, -0.15) is 4.98 Å². The molecule has 3 aromatic carbocycles. The van der Waals surface area contributed by atoms with Gasteiger partial charge in [-0.3, -0.25) is 0 Å². The Labute approximate surface area is 185 Å². The minimum atomic E-state index is -4.08. The van der Waals surface area contributed by atoms with Gasteiger partial charge in [-0.1, -0.05) is 17.7 Å². The molecule has 164 valence electrons. The molecule has 0 atom stereocenters. The molecule has 32 heavy (non-hydrogen) atoms. The first kappa shape index (κ1) is 21.6. The second-order valence-electron chi connectivity index (χ2n) is 7.06. The molecule has 0 amide bonds. The number of hydrogen-bond donors (Lipinski definition) is 1. The first-order valence-corrected chi connectivity index (χ1v) is 11.4. The highest BCUT2D eigenvalue weighted by Gasteiger charge is 2.29. The summed E-state index contributed by atoms with van der Waals surface area (Å²) >= 11 is 0. The van der Waals surface area contributed by atoms with E-state index in [4.69, 9.17) is 9.15 Å². The number of anilines is 2. The summed E-state index contributed by atoms with van der Waals surface area (Å²) in [6.45, 7) is 4.37. The molecule has 0 bridgehead atoms. The van der Waals surface area contributed by atoms with Crippen LogP contribution in [0.4, 0.5) is 16.0 Å². The van der Waals surface area contributed by atoms with Crippen LogP contribution >= 0.6 is 0 Å². The summed E-state index contributed by atoms with van der Waals surface area (Å²) in [5.74, 6) is 0.278. The van der Waals surface area contributed by atoms with E-state index in [9.17, 15) is 12.8 Å². The van der Waals surface area contributed by atoms with Crippen molar-refractivity contribution in [1.82, 2.24) is 4.98 Å². The van der Waals surface area contributed by atoms with Gasteiger partial charge in [0.15, 0.2) is 0 Å². The fourth-order valence-corrected chi connectivity index (χ4v) is 4.30. The van der Waals surface area contributed by atoms with Gasteiger partial charge >= 0.3 is 0 Å². The van der Waals surface area contributed by atoms with Crippen LogP contribution in [0.25, 0.3) is 11.5 Å². The molecule has 0 saturated heterocycles. The van der Waals surface area contributed by atoms with E-state index in [1.807, 2.05) is 26.0 Å². The number of halogens is 1. The topological polar surface area (TPSA) is 81.4 Å². The van der Waals surface area contributed by atoms with E-state index in [0.29, 0.717) is 23.6 Å². The summed E-state index contributed by atoms with van der Waals surface area (Å²) in [6.07, 6.45) is 0. The Morgan fingerprint density at radius 1 is 0.969 bits per heavy atom. The highest BCUT2D eigenvalue weighted by atomic mass is 32.2. The van der Waals surface area contributed by atoms with Gasteiger partial charge in [0, 0.05) is 11.3 Å². The summed E-state index contributed by atoms with van der Waals surface area (Å²) in [4.78, 5) is 4.20. The van der Waals surface area contributed by atoms with Crippen LogP contribution in [-0.2, 0) is 9.84 Å². The molecule has 0 saturated carbocycles. The second-order valence-corrected chi connectivity index (χ2v) is 8.92. The molecule has 4 rings (SSSR count). The number of rotatable bonds is 7. The Kier molecular flexibility index (Phi) is 5.96. The molecular formula is C24H21FN2O4S. The number of nitrogens with one attached hydrogen (secondary N) is 1. The maximum Gasteiger partial charge on any atom is 0.238 e. The first-order valence-electron chi connectivity index (χ1n) is 9.95. The second kappa shape index (κ2) is 8.84. The first-order chi connectivity index (χ1) is 15.4. The van der Waals surface area contributed by atoms with E-state index in [-0.39, 0.29) is 21.7 Å². The van der Waals surface area contributed by atoms with Crippen LogP contribution in [0.2, 0.25) is 0 Å². The normalized spacial score (nSPS) is 11.3. The van der Waals surface area contributed by atoms with Crippen LogP contribution in [0.5, 0.6) is 5.75 Å². The third kappa shape index (κ3) is 4.50. The van der Waals surface area contributed by atoms with Crippen LogP contribution in [-0.4, -0.2) is 20.0 Å². The van der Waals surface area contributed by atoms with Crippen LogP contribution in [0, 0.1) is 12.7 Å². The van der Waals surface area contributed by atoms with Crippen molar-refractivity contribution in [3.8, 4) is 17.2 Å². The average Bonchev–Trinajstić information content (AvgIpc) is 3.21. The highest BCUT2D eigenvalue weighted by molar-refractivity contribution is 7.91. The Morgan fingerprint density at radius 3 is 2.25 bits per heavy atom. The lowest BCUT2D eigenvalue weighted by atomic mass is 10.1. The Morgan fingerprint density at radius 2 is 1.62 bits per heavy atom. The van der Waals surface area contributed by atoms with E-state index in [1.54, 1.807) is 36.4 Å². The molecule has 0 unspecified atom stereocenters. The predicted octanol–water partition coefficient (Wildman–Crippen LogP) is 5.76. The average molecular weight is 453 g/mol. The molecular weight excluding hydrogens is 431 g/mol. The van der Waals surface area contributed by atoms with Crippen molar-refractivity contribution in [1.29, 1.82) is 0 Å². The lowest BCUT2D eigenvalue weighted by Gasteiger charge is -2.07. The van der Waals surface area contributed by atoms with Gasteiger partial charge in [-0.05, 0) is 74.5 Å². The number of oxazole rings is 1. The SMILES string of the molecule is CCOc1ccc(Nc2oc(-c3ccc(C)cc3)nc2S(=O)(=O)c2ccc(F)cc2)cc1. The minimum absolute atomic E-state index is 0.0333. The third-order valence-corrected chi connectivity index (χ3v) is 6.37. The number of sulfone groups is 1. The maximum absolute atomic E-state index is 13.3. The minimum Gasteiger partial charge on any atom is -0.494 e. The summed E-state index contributed by atoms with van der Waals surface area (Å²) in [5, 5.41) is 2.71. The summed E-state index contributed by atoms with van der Waals surface area (Å²) in [7, 11) is -4.08. The summed E-state index contributed by atoms with van der Waals surface area (Å²) in [5.41, 5.74) is 2.27. The standard InChI is InChI=1S/C24H21FN2O4S/c1-3-30-20-12-10-19(11-13-20)26-23-24(32(28,29)21-14-8-18(25)9-15-21)27-22(31-23)17-6-4-16(2)5-7-17/h4-15,26H,3H2,1-2H3. The maximum atomic E-state index is 13.3. The zero-order valence-corrected chi connectivity index (χ0v) is 18.3. The Hall–Kier alpha value is -3.65. The zero-order chi connectivity index (χ0) is 22.7.